The molecule has 40 heavy (non-hydrogen) atoms. The van der Waals surface area contributed by atoms with E-state index in [0.717, 1.165) is 41.7 Å². The van der Waals surface area contributed by atoms with Crippen molar-refractivity contribution in [3.05, 3.63) is 71.8 Å². The third-order valence-electron chi connectivity index (χ3n) is 6.89. The molecule has 3 amide bonds. The Kier molecular flexibility index (Phi) is 12.4. The second-order valence-electron chi connectivity index (χ2n) is 9.92. The van der Waals surface area contributed by atoms with Crippen molar-refractivity contribution in [2.75, 3.05) is 19.6 Å². The van der Waals surface area contributed by atoms with E-state index in [2.05, 4.69) is 12.4 Å². The van der Waals surface area contributed by atoms with E-state index in [-0.39, 0.29) is 45.2 Å². The highest BCUT2D eigenvalue weighted by molar-refractivity contribution is 5.87. The van der Waals surface area contributed by atoms with Gasteiger partial charge in [-0.1, -0.05) is 93.3 Å². The summed E-state index contributed by atoms with van der Waals surface area (Å²) in [5, 5.41) is 9.68. The van der Waals surface area contributed by atoms with Crippen LogP contribution in [0.1, 0.15) is 56.6 Å². The van der Waals surface area contributed by atoms with E-state index >= 15 is 0 Å². The van der Waals surface area contributed by atoms with Crippen molar-refractivity contribution in [1.82, 2.24) is 15.3 Å². The number of esters is 1. The number of nitrogens with one attached hydrogen (secondary N) is 1. The Bertz CT molecular complexity index is 1100. The first kappa shape index (κ1) is 30.6. The molecule has 1 fully saturated rings. The van der Waals surface area contributed by atoms with E-state index in [1.54, 1.807) is 12.1 Å². The second kappa shape index (κ2) is 16.2. The number of carbonyl (C=O) groups excluding carboxylic acids is 3. The molecule has 216 valence electrons. The standard InChI is InChI=1S/C30H39N3O7/c1-2-3-4-11-16-25(19-27(34)31-40-22-24-14-9-6-10-15-24)28(35)32-17-18-33(30(37)38)26(20-32)29(36)39-21-23-12-7-5-8-13-23/h5-10,12-15,25-26H,2-4,11,16-22H2,1H3,(H,31,34)(H,37,38)/t25-,26+/m1/s1. The Morgan fingerprint density at radius 3 is 2.20 bits per heavy atom. The van der Waals surface area contributed by atoms with Gasteiger partial charge in [-0.15, -0.1) is 0 Å². The van der Waals surface area contributed by atoms with Crippen molar-refractivity contribution < 1.29 is 33.9 Å². The molecular weight excluding hydrogens is 514 g/mol. The monoisotopic (exact) mass is 553 g/mol. The number of piperazine rings is 1. The number of carbonyl (C=O) groups is 4. The van der Waals surface area contributed by atoms with Crippen LogP contribution in [0.5, 0.6) is 0 Å². The van der Waals surface area contributed by atoms with Crippen molar-refractivity contribution in [2.24, 2.45) is 5.92 Å². The van der Waals surface area contributed by atoms with Crippen LogP contribution in [-0.4, -0.2) is 64.5 Å². The Labute approximate surface area is 235 Å². The molecular formula is C30H39N3O7. The van der Waals surface area contributed by atoms with Gasteiger partial charge in [-0.3, -0.25) is 19.3 Å². The van der Waals surface area contributed by atoms with E-state index in [9.17, 15) is 24.3 Å². The number of amides is 3. The van der Waals surface area contributed by atoms with Crippen LogP contribution < -0.4 is 5.48 Å². The maximum Gasteiger partial charge on any atom is 0.408 e. The molecule has 2 atom stereocenters. The topological polar surface area (TPSA) is 125 Å². The summed E-state index contributed by atoms with van der Waals surface area (Å²) in [5.74, 6) is -2.02. The highest BCUT2D eigenvalue weighted by Gasteiger charge is 2.39. The van der Waals surface area contributed by atoms with Crippen molar-refractivity contribution in [2.45, 2.75) is 64.7 Å². The first-order chi connectivity index (χ1) is 19.4. The highest BCUT2D eigenvalue weighted by atomic mass is 16.6. The van der Waals surface area contributed by atoms with Crippen molar-refractivity contribution in [3.63, 3.8) is 0 Å². The van der Waals surface area contributed by atoms with Gasteiger partial charge in [-0.25, -0.2) is 15.1 Å². The van der Waals surface area contributed by atoms with Crippen LogP contribution in [-0.2, 0) is 37.2 Å². The zero-order valence-electron chi connectivity index (χ0n) is 23.0. The van der Waals surface area contributed by atoms with E-state index < -0.39 is 29.9 Å². The summed E-state index contributed by atoms with van der Waals surface area (Å²) in [7, 11) is 0. The summed E-state index contributed by atoms with van der Waals surface area (Å²) < 4.78 is 5.41. The van der Waals surface area contributed by atoms with Crippen molar-refractivity contribution in [3.8, 4) is 0 Å². The largest absolute Gasteiger partial charge is 0.465 e. The summed E-state index contributed by atoms with van der Waals surface area (Å²) in [4.78, 5) is 58.9. The van der Waals surface area contributed by atoms with E-state index in [1.807, 2.05) is 48.5 Å². The average molecular weight is 554 g/mol. The summed E-state index contributed by atoms with van der Waals surface area (Å²) in [5.41, 5.74) is 4.10. The van der Waals surface area contributed by atoms with E-state index in [4.69, 9.17) is 9.57 Å². The van der Waals surface area contributed by atoms with Crippen LogP contribution in [0.3, 0.4) is 0 Å². The molecule has 3 rings (SSSR count). The van der Waals surface area contributed by atoms with Crippen molar-refractivity contribution >= 4 is 23.9 Å². The van der Waals surface area contributed by atoms with Gasteiger partial charge >= 0.3 is 12.1 Å². The van der Waals surface area contributed by atoms with Crippen LogP contribution >= 0.6 is 0 Å². The van der Waals surface area contributed by atoms with Crippen LogP contribution in [0.15, 0.2) is 60.7 Å². The minimum Gasteiger partial charge on any atom is -0.465 e. The summed E-state index contributed by atoms with van der Waals surface area (Å²) in [6.07, 6.45) is 2.97. The highest BCUT2D eigenvalue weighted by Crippen LogP contribution is 2.21. The SMILES string of the molecule is CCCCCC[C@H](CC(=O)NOCc1ccccc1)C(=O)N1CCN(C(=O)O)[C@H](C(=O)OCc2ccccc2)C1. The molecule has 2 aromatic carbocycles. The number of ether oxygens (including phenoxy) is 1. The molecule has 1 saturated heterocycles. The Morgan fingerprint density at radius 2 is 1.57 bits per heavy atom. The second-order valence-corrected chi connectivity index (χ2v) is 9.92. The van der Waals surface area contributed by atoms with Gasteiger partial charge in [0, 0.05) is 25.4 Å². The van der Waals surface area contributed by atoms with E-state index in [0.29, 0.717) is 6.42 Å². The minimum atomic E-state index is -1.25. The van der Waals surface area contributed by atoms with Gasteiger partial charge in [-0.2, -0.15) is 0 Å². The summed E-state index contributed by atoms with van der Waals surface area (Å²) >= 11 is 0. The van der Waals surface area contributed by atoms with Gasteiger partial charge < -0.3 is 14.7 Å². The quantitative estimate of drug-likeness (QED) is 0.205. The molecule has 0 aliphatic carbocycles. The molecule has 0 bridgehead atoms. The zero-order valence-corrected chi connectivity index (χ0v) is 23.0. The van der Waals surface area contributed by atoms with Gasteiger partial charge in [0.05, 0.1) is 13.2 Å². The molecule has 2 aromatic rings. The van der Waals surface area contributed by atoms with Gasteiger partial charge in [0.25, 0.3) is 0 Å². The molecule has 0 saturated carbocycles. The molecule has 1 aliphatic heterocycles. The molecule has 0 unspecified atom stereocenters. The summed E-state index contributed by atoms with van der Waals surface area (Å²) in [6.45, 7) is 2.27. The number of rotatable bonds is 14. The zero-order chi connectivity index (χ0) is 28.7. The lowest BCUT2D eigenvalue weighted by molar-refractivity contribution is -0.156. The fourth-order valence-corrected chi connectivity index (χ4v) is 4.67. The summed E-state index contributed by atoms with van der Waals surface area (Å²) in [6, 6.07) is 17.3. The molecule has 10 nitrogen and oxygen atoms in total. The van der Waals surface area contributed by atoms with E-state index in [1.165, 1.54) is 4.90 Å². The maximum absolute atomic E-state index is 13.6. The lowest BCUT2D eigenvalue weighted by Crippen LogP contribution is -2.60. The smallest absolute Gasteiger partial charge is 0.408 e. The molecule has 0 radical (unpaired) electrons. The number of unbranched alkanes of at least 4 members (excludes halogenated alkanes) is 3. The minimum absolute atomic E-state index is 0.000779. The Hall–Kier alpha value is -3.92. The third kappa shape index (κ3) is 9.68. The first-order valence-electron chi connectivity index (χ1n) is 13.8. The molecule has 1 heterocycles. The third-order valence-corrected chi connectivity index (χ3v) is 6.89. The van der Waals surface area contributed by atoms with Gasteiger partial charge in [0.1, 0.15) is 6.61 Å². The number of hydrogen-bond acceptors (Lipinski definition) is 6. The number of nitrogens with zero attached hydrogens (tertiary/aromatic N) is 2. The first-order valence-corrected chi connectivity index (χ1v) is 13.8. The fraction of sp³-hybridized carbons (Fsp3) is 0.467. The van der Waals surface area contributed by atoms with Crippen molar-refractivity contribution in [1.29, 1.82) is 0 Å². The normalized spacial score (nSPS) is 15.8. The van der Waals surface area contributed by atoms with Crippen LogP contribution in [0, 0.1) is 5.92 Å². The maximum atomic E-state index is 13.6. The van der Waals surface area contributed by atoms with Crippen LogP contribution in [0.4, 0.5) is 4.79 Å². The van der Waals surface area contributed by atoms with Crippen LogP contribution in [0.2, 0.25) is 0 Å². The molecule has 0 aromatic heterocycles. The predicted octanol–water partition coefficient (Wildman–Crippen LogP) is 4.15. The molecule has 2 N–H and O–H groups in total. The Balaban J connectivity index is 1.62. The van der Waals surface area contributed by atoms with Crippen LogP contribution in [0.25, 0.3) is 0 Å². The number of hydrogen-bond donors (Lipinski definition) is 2. The fourth-order valence-electron chi connectivity index (χ4n) is 4.67. The number of benzene rings is 2. The number of hydroxylamine groups is 1. The number of carboxylic acid groups (broad SMARTS) is 1. The Morgan fingerprint density at radius 1 is 0.925 bits per heavy atom. The van der Waals surface area contributed by atoms with Gasteiger partial charge in [0.15, 0.2) is 6.04 Å². The molecule has 0 spiro atoms. The molecule has 1 aliphatic rings. The predicted molar refractivity (Wildman–Crippen MR) is 148 cm³/mol. The van der Waals surface area contributed by atoms with Gasteiger partial charge in [-0.05, 0) is 17.5 Å². The van der Waals surface area contributed by atoms with Gasteiger partial charge in [0.2, 0.25) is 11.8 Å². The molecule has 10 heteroatoms. The lowest BCUT2D eigenvalue weighted by Gasteiger charge is -2.39. The average Bonchev–Trinajstić information content (AvgIpc) is 2.97. The lowest BCUT2D eigenvalue weighted by atomic mass is 9.94.